The molecular formula is C20H26ClN3O. The zero-order valence-electron chi connectivity index (χ0n) is 14.6. The minimum Gasteiger partial charge on any atom is -0.339 e. The van der Waals surface area contributed by atoms with Crippen molar-refractivity contribution in [1.29, 1.82) is 0 Å². The van der Waals surface area contributed by atoms with E-state index in [1.807, 2.05) is 18.0 Å². The van der Waals surface area contributed by atoms with Gasteiger partial charge in [0.1, 0.15) is 0 Å². The Bertz CT molecular complexity index is 654. The van der Waals surface area contributed by atoms with Gasteiger partial charge in [-0.1, -0.05) is 54.6 Å². The molecule has 0 spiro atoms. The van der Waals surface area contributed by atoms with E-state index in [1.165, 1.54) is 16.7 Å². The highest BCUT2D eigenvalue weighted by molar-refractivity contribution is 5.85. The van der Waals surface area contributed by atoms with Gasteiger partial charge in [0.25, 0.3) is 0 Å². The first-order valence-corrected chi connectivity index (χ1v) is 8.54. The number of nitrogens with zero attached hydrogens (tertiary/aromatic N) is 2. The maximum atomic E-state index is 12.3. The van der Waals surface area contributed by atoms with Crippen LogP contribution in [-0.4, -0.2) is 55.5 Å². The van der Waals surface area contributed by atoms with Gasteiger partial charge in [0.05, 0.1) is 6.54 Å². The fraction of sp³-hybridized carbons (Fsp3) is 0.350. The largest absolute Gasteiger partial charge is 0.339 e. The van der Waals surface area contributed by atoms with E-state index in [9.17, 15) is 4.79 Å². The molecule has 0 aliphatic carbocycles. The summed E-state index contributed by atoms with van der Waals surface area (Å²) in [5.41, 5.74) is 3.68. The number of hydrogen-bond donors (Lipinski definition) is 1. The Morgan fingerprint density at radius 2 is 1.60 bits per heavy atom. The normalized spacial score (nSPS) is 14.2. The third-order valence-electron chi connectivity index (χ3n) is 4.39. The number of piperazine rings is 1. The zero-order valence-corrected chi connectivity index (χ0v) is 15.5. The lowest BCUT2D eigenvalue weighted by Gasteiger charge is -2.29. The molecule has 4 nitrogen and oxygen atoms in total. The van der Waals surface area contributed by atoms with Crippen LogP contribution < -0.4 is 5.32 Å². The quantitative estimate of drug-likeness (QED) is 0.891. The highest BCUT2D eigenvalue weighted by atomic mass is 35.5. The fourth-order valence-electron chi connectivity index (χ4n) is 3.05. The van der Waals surface area contributed by atoms with Gasteiger partial charge in [0, 0.05) is 32.7 Å². The predicted molar refractivity (Wildman–Crippen MR) is 105 cm³/mol. The molecule has 0 bridgehead atoms. The third kappa shape index (κ3) is 5.56. The van der Waals surface area contributed by atoms with Crippen molar-refractivity contribution in [1.82, 2.24) is 15.1 Å². The van der Waals surface area contributed by atoms with Crippen LogP contribution in [0.5, 0.6) is 0 Å². The van der Waals surface area contributed by atoms with Gasteiger partial charge in [-0.05, 0) is 23.7 Å². The first-order chi connectivity index (χ1) is 11.7. The number of likely N-dealkylation sites (N-methyl/N-ethyl adjacent to an activating group) is 1. The van der Waals surface area contributed by atoms with Crippen molar-refractivity contribution < 1.29 is 4.79 Å². The lowest BCUT2D eigenvalue weighted by molar-refractivity contribution is -0.132. The lowest BCUT2D eigenvalue weighted by Crippen LogP contribution is -2.49. The summed E-state index contributed by atoms with van der Waals surface area (Å²) in [6.07, 6.45) is 0. The van der Waals surface area contributed by atoms with Crippen LogP contribution >= 0.6 is 12.4 Å². The standard InChI is InChI=1S/C20H25N3O.ClH/c1-22(16-20(24)23-13-11-21-12-14-23)15-17-7-9-19(10-8-17)18-5-3-2-4-6-18;/h2-10,21H,11-16H2,1H3;1H. The van der Waals surface area contributed by atoms with Crippen molar-refractivity contribution in [3.05, 3.63) is 60.2 Å². The average Bonchev–Trinajstić information content (AvgIpc) is 2.64. The summed E-state index contributed by atoms with van der Waals surface area (Å²) >= 11 is 0. The summed E-state index contributed by atoms with van der Waals surface area (Å²) in [4.78, 5) is 16.3. The molecule has 1 N–H and O–H groups in total. The molecule has 25 heavy (non-hydrogen) atoms. The average molecular weight is 360 g/mol. The van der Waals surface area contributed by atoms with Crippen LogP contribution in [-0.2, 0) is 11.3 Å². The maximum Gasteiger partial charge on any atom is 0.236 e. The Labute approximate surface area is 156 Å². The number of amides is 1. The second-order valence-electron chi connectivity index (χ2n) is 6.37. The monoisotopic (exact) mass is 359 g/mol. The maximum absolute atomic E-state index is 12.3. The molecule has 0 atom stereocenters. The number of hydrogen-bond acceptors (Lipinski definition) is 3. The summed E-state index contributed by atoms with van der Waals surface area (Å²) in [5, 5.41) is 3.27. The van der Waals surface area contributed by atoms with Crippen molar-refractivity contribution in [2.24, 2.45) is 0 Å². The molecule has 0 unspecified atom stereocenters. The predicted octanol–water partition coefficient (Wildman–Crippen LogP) is 2.64. The lowest BCUT2D eigenvalue weighted by atomic mass is 10.0. The van der Waals surface area contributed by atoms with Gasteiger partial charge in [-0.3, -0.25) is 9.69 Å². The Kier molecular flexibility index (Phi) is 7.44. The molecular weight excluding hydrogens is 334 g/mol. The molecule has 5 heteroatoms. The summed E-state index contributed by atoms with van der Waals surface area (Å²) in [6.45, 7) is 4.69. The van der Waals surface area contributed by atoms with E-state index in [0.717, 1.165) is 32.7 Å². The van der Waals surface area contributed by atoms with Crippen LogP contribution in [0.15, 0.2) is 54.6 Å². The van der Waals surface area contributed by atoms with E-state index in [4.69, 9.17) is 0 Å². The summed E-state index contributed by atoms with van der Waals surface area (Å²) in [5.74, 6) is 0.222. The highest BCUT2D eigenvalue weighted by Gasteiger charge is 2.17. The first-order valence-electron chi connectivity index (χ1n) is 8.54. The van der Waals surface area contributed by atoms with Crippen LogP contribution in [0.3, 0.4) is 0 Å². The Balaban J connectivity index is 0.00000225. The summed E-state index contributed by atoms with van der Waals surface area (Å²) < 4.78 is 0. The fourth-order valence-corrected chi connectivity index (χ4v) is 3.05. The van der Waals surface area contributed by atoms with E-state index in [1.54, 1.807) is 0 Å². The molecule has 2 aromatic carbocycles. The second kappa shape index (κ2) is 9.56. The number of carbonyl (C=O) groups is 1. The van der Waals surface area contributed by atoms with Crippen LogP contribution in [0.1, 0.15) is 5.56 Å². The summed E-state index contributed by atoms with van der Waals surface area (Å²) in [7, 11) is 2.01. The van der Waals surface area contributed by atoms with E-state index in [-0.39, 0.29) is 18.3 Å². The molecule has 0 aromatic heterocycles. The van der Waals surface area contributed by atoms with Gasteiger partial charge in [-0.15, -0.1) is 12.4 Å². The number of halogens is 1. The third-order valence-corrected chi connectivity index (χ3v) is 4.39. The first kappa shape index (κ1) is 19.4. The molecule has 1 fully saturated rings. The van der Waals surface area contributed by atoms with E-state index in [2.05, 4.69) is 58.7 Å². The van der Waals surface area contributed by atoms with E-state index >= 15 is 0 Å². The molecule has 0 saturated carbocycles. The van der Waals surface area contributed by atoms with Crippen molar-refractivity contribution in [3.8, 4) is 11.1 Å². The Morgan fingerprint density at radius 1 is 1.00 bits per heavy atom. The van der Waals surface area contributed by atoms with Crippen LogP contribution in [0.2, 0.25) is 0 Å². The summed E-state index contributed by atoms with van der Waals surface area (Å²) in [6, 6.07) is 19.0. The SMILES string of the molecule is CN(CC(=O)N1CCNCC1)Cc1ccc(-c2ccccc2)cc1.Cl. The van der Waals surface area contributed by atoms with Crippen molar-refractivity contribution >= 4 is 18.3 Å². The molecule has 1 saturated heterocycles. The van der Waals surface area contributed by atoms with Crippen LogP contribution in [0.25, 0.3) is 11.1 Å². The molecule has 0 radical (unpaired) electrons. The van der Waals surface area contributed by atoms with Gasteiger partial charge in [-0.25, -0.2) is 0 Å². The molecule has 2 aromatic rings. The molecule has 3 rings (SSSR count). The van der Waals surface area contributed by atoms with Crippen molar-refractivity contribution in [3.63, 3.8) is 0 Å². The molecule has 1 heterocycles. The van der Waals surface area contributed by atoms with E-state index < -0.39 is 0 Å². The van der Waals surface area contributed by atoms with Crippen LogP contribution in [0.4, 0.5) is 0 Å². The van der Waals surface area contributed by atoms with Gasteiger partial charge < -0.3 is 10.2 Å². The Hall–Kier alpha value is -1.88. The van der Waals surface area contributed by atoms with E-state index in [0.29, 0.717) is 6.54 Å². The van der Waals surface area contributed by atoms with Crippen molar-refractivity contribution in [2.45, 2.75) is 6.54 Å². The second-order valence-corrected chi connectivity index (χ2v) is 6.37. The van der Waals surface area contributed by atoms with Gasteiger partial charge in [0.2, 0.25) is 5.91 Å². The molecule has 134 valence electrons. The number of benzene rings is 2. The van der Waals surface area contributed by atoms with Gasteiger partial charge >= 0.3 is 0 Å². The number of carbonyl (C=O) groups excluding carboxylic acids is 1. The minimum absolute atomic E-state index is 0. The highest BCUT2D eigenvalue weighted by Crippen LogP contribution is 2.19. The minimum atomic E-state index is 0. The zero-order chi connectivity index (χ0) is 16.8. The number of rotatable bonds is 5. The molecule has 1 aliphatic heterocycles. The number of nitrogens with one attached hydrogen (secondary N) is 1. The molecule has 1 aliphatic rings. The van der Waals surface area contributed by atoms with Crippen molar-refractivity contribution in [2.75, 3.05) is 39.8 Å². The van der Waals surface area contributed by atoms with Gasteiger partial charge in [0.15, 0.2) is 0 Å². The topological polar surface area (TPSA) is 35.6 Å². The van der Waals surface area contributed by atoms with Crippen LogP contribution in [0, 0.1) is 0 Å². The Morgan fingerprint density at radius 3 is 2.24 bits per heavy atom. The molecule has 1 amide bonds. The smallest absolute Gasteiger partial charge is 0.236 e. The van der Waals surface area contributed by atoms with Gasteiger partial charge in [-0.2, -0.15) is 0 Å².